The molecule has 0 saturated heterocycles. The van der Waals surface area contributed by atoms with E-state index in [2.05, 4.69) is 170 Å². The molecule has 2 aromatic heterocycles. The van der Waals surface area contributed by atoms with Crippen LogP contribution in [0.3, 0.4) is 0 Å². The van der Waals surface area contributed by atoms with Crippen LogP contribution in [0, 0.1) is 0 Å². The summed E-state index contributed by atoms with van der Waals surface area (Å²) < 4.78 is 2.44. The van der Waals surface area contributed by atoms with E-state index in [-0.39, 0.29) is 5.41 Å². The molecule has 0 aliphatic heterocycles. The van der Waals surface area contributed by atoms with Gasteiger partial charge in [0.1, 0.15) is 0 Å². The van der Waals surface area contributed by atoms with Gasteiger partial charge in [0.15, 0.2) is 0 Å². The van der Waals surface area contributed by atoms with E-state index in [1.54, 1.807) is 0 Å². The van der Waals surface area contributed by atoms with Gasteiger partial charge in [-0.05, 0) is 92.0 Å². The van der Waals surface area contributed by atoms with Gasteiger partial charge in [-0.1, -0.05) is 129 Å². The van der Waals surface area contributed by atoms with E-state index in [0.717, 1.165) is 11.0 Å². The van der Waals surface area contributed by atoms with Crippen molar-refractivity contribution in [3.63, 3.8) is 0 Å². The molecule has 47 heavy (non-hydrogen) atoms. The average Bonchev–Trinajstić information content (AvgIpc) is 3.69. The number of aromatic nitrogens is 2. The van der Waals surface area contributed by atoms with Crippen LogP contribution in [-0.2, 0) is 10.8 Å². The predicted molar refractivity (Wildman–Crippen MR) is 193 cm³/mol. The van der Waals surface area contributed by atoms with E-state index in [9.17, 15) is 0 Å². The molecule has 2 nitrogen and oxygen atoms in total. The van der Waals surface area contributed by atoms with Crippen molar-refractivity contribution in [2.75, 3.05) is 0 Å². The Kier molecular flexibility index (Phi) is 5.30. The molecule has 0 N–H and O–H groups in total. The Bertz CT molecular complexity index is 2500. The second-order valence-electron chi connectivity index (χ2n) is 13.5. The van der Waals surface area contributed by atoms with Crippen LogP contribution in [0.4, 0.5) is 0 Å². The fourth-order valence-electron chi connectivity index (χ4n) is 8.88. The third-order valence-corrected chi connectivity index (χ3v) is 10.9. The van der Waals surface area contributed by atoms with Crippen LogP contribution in [0.15, 0.2) is 158 Å². The molecule has 2 aliphatic carbocycles. The zero-order valence-electron chi connectivity index (χ0n) is 26.4. The normalized spacial score (nSPS) is 14.9. The highest BCUT2D eigenvalue weighted by atomic mass is 15.0. The van der Waals surface area contributed by atoms with Crippen LogP contribution in [0.1, 0.15) is 47.2 Å². The summed E-state index contributed by atoms with van der Waals surface area (Å²) in [6.45, 7) is 4.71. The first-order valence-corrected chi connectivity index (χ1v) is 16.5. The quantitative estimate of drug-likeness (QED) is 0.197. The fourth-order valence-corrected chi connectivity index (χ4v) is 8.88. The van der Waals surface area contributed by atoms with E-state index in [1.165, 1.54) is 72.2 Å². The average molecular weight is 601 g/mol. The SMILES string of the molecule is CC1(C)c2ccccc2-c2ccc(-n3c4cc5c(cc4c4ncccc43)C(c3ccccc3)(c3ccccc3)c3ccccc3-5)cc21. The molecular formula is C45H32N2. The van der Waals surface area contributed by atoms with Crippen molar-refractivity contribution >= 4 is 21.9 Å². The topological polar surface area (TPSA) is 17.8 Å². The summed E-state index contributed by atoms with van der Waals surface area (Å²) >= 11 is 0. The smallest absolute Gasteiger partial charge is 0.0963 e. The maximum absolute atomic E-state index is 5.04. The summed E-state index contributed by atoms with van der Waals surface area (Å²) in [6.07, 6.45) is 1.93. The van der Waals surface area contributed by atoms with Gasteiger partial charge in [-0.15, -0.1) is 0 Å². The minimum atomic E-state index is -0.449. The molecule has 0 amide bonds. The lowest BCUT2D eigenvalue weighted by Crippen LogP contribution is -2.28. The highest BCUT2D eigenvalue weighted by Crippen LogP contribution is 2.57. The van der Waals surface area contributed by atoms with Crippen LogP contribution in [0.2, 0.25) is 0 Å². The van der Waals surface area contributed by atoms with E-state index in [4.69, 9.17) is 4.98 Å². The molecule has 0 spiro atoms. The van der Waals surface area contributed by atoms with Gasteiger partial charge >= 0.3 is 0 Å². The number of nitrogens with zero attached hydrogens (tertiary/aromatic N) is 2. The molecule has 6 aromatic carbocycles. The molecule has 0 unspecified atom stereocenters. The van der Waals surface area contributed by atoms with Crippen LogP contribution in [0.25, 0.3) is 49.9 Å². The minimum Gasteiger partial charge on any atom is -0.308 e. The van der Waals surface area contributed by atoms with Crippen molar-refractivity contribution in [3.05, 3.63) is 191 Å². The van der Waals surface area contributed by atoms with E-state index in [1.807, 2.05) is 6.20 Å². The van der Waals surface area contributed by atoms with E-state index < -0.39 is 5.41 Å². The molecule has 2 heterocycles. The number of pyridine rings is 1. The first-order chi connectivity index (χ1) is 23.1. The van der Waals surface area contributed by atoms with Gasteiger partial charge in [-0.3, -0.25) is 4.98 Å². The Balaban J connectivity index is 1.30. The monoisotopic (exact) mass is 600 g/mol. The summed E-state index contributed by atoms with van der Waals surface area (Å²) in [4.78, 5) is 5.04. The highest BCUT2D eigenvalue weighted by Gasteiger charge is 2.46. The first-order valence-electron chi connectivity index (χ1n) is 16.5. The molecular weight excluding hydrogens is 569 g/mol. The lowest BCUT2D eigenvalue weighted by atomic mass is 9.67. The molecule has 0 radical (unpaired) electrons. The lowest BCUT2D eigenvalue weighted by Gasteiger charge is -2.33. The molecule has 0 saturated carbocycles. The Labute approximate surface area is 274 Å². The summed E-state index contributed by atoms with van der Waals surface area (Å²) in [5, 5.41) is 1.17. The first kappa shape index (κ1) is 26.5. The summed E-state index contributed by atoms with van der Waals surface area (Å²) in [7, 11) is 0. The Morgan fingerprint density at radius 1 is 0.468 bits per heavy atom. The standard InChI is InChI=1S/C45H32N2/c1-44(2)37-20-11-9-18-32(37)34-24-23-31(26-39(34)44)47-41-22-13-25-46-43(41)36-27-40-35(28-42(36)47)33-19-10-12-21-38(33)45(40,29-14-5-3-6-15-29)30-16-7-4-8-17-30/h3-28H,1-2H3. The van der Waals surface area contributed by atoms with Crippen LogP contribution >= 0.6 is 0 Å². The van der Waals surface area contributed by atoms with Gasteiger partial charge in [0.25, 0.3) is 0 Å². The van der Waals surface area contributed by atoms with Crippen LogP contribution < -0.4 is 0 Å². The molecule has 0 fully saturated rings. The zero-order valence-corrected chi connectivity index (χ0v) is 26.4. The Morgan fingerprint density at radius 2 is 1.09 bits per heavy atom. The molecule has 2 heteroatoms. The largest absolute Gasteiger partial charge is 0.308 e. The van der Waals surface area contributed by atoms with Gasteiger partial charge in [0.05, 0.1) is 22.0 Å². The Hall–Kier alpha value is -5.73. The van der Waals surface area contributed by atoms with Gasteiger partial charge in [0, 0.05) is 22.7 Å². The van der Waals surface area contributed by atoms with Crippen molar-refractivity contribution in [1.82, 2.24) is 9.55 Å². The Morgan fingerprint density at radius 3 is 1.81 bits per heavy atom. The molecule has 222 valence electrons. The number of hydrogen-bond acceptors (Lipinski definition) is 1. The van der Waals surface area contributed by atoms with Gasteiger partial charge < -0.3 is 4.57 Å². The van der Waals surface area contributed by atoms with Gasteiger partial charge in [-0.2, -0.15) is 0 Å². The third-order valence-electron chi connectivity index (χ3n) is 10.9. The fraction of sp³-hybridized carbons (Fsp3) is 0.0889. The number of rotatable bonds is 3. The van der Waals surface area contributed by atoms with Crippen molar-refractivity contribution in [1.29, 1.82) is 0 Å². The maximum Gasteiger partial charge on any atom is 0.0963 e. The van der Waals surface area contributed by atoms with Gasteiger partial charge in [-0.25, -0.2) is 0 Å². The van der Waals surface area contributed by atoms with Crippen molar-refractivity contribution < 1.29 is 0 Å². The number of fused-ring (bicyclic) bond motifs is 9. The van der Waals surface area contributed by atoms with E-state index >= 15 is 0 Å². The second-order valence-corrected chi connectivity index (χ2v) is 13.5. The number of benzene rings is 6. The van der Waals surface area contributed by atoms with Crippen LogP contribution in [-0.4, -0.2) is 9.55 Å². The molecule has 10 rings (SSSR count). The van der Waals surface area contributed by atoms with Crippen molar-refractivity contribution in [3.8, 4) is 27.9 Å². The van der Waals surface area contributed by atoms with Crippen molar-refractivity contribution in [2.45, 2.75) is 24.7 Å². The summed E-state index contributed by atoms with van der Waals surface area (Å²) in [6, 6.07) is 56.1. The minimum absolute atomic E-state index is 0.0793. The van der Waals surface area contributed by atoms with E-state index in [0.29, 0.717) is 0 Å². The number of hydrogen-bond donors (Lipinski definition) is 0. The molecule has 2 aliphatic rings. The highest BCUT2D eigenvalue weighted by molar-refractivity contribution is 6.10. The summed E-state index contributed by atoms with van der Waals surface area (Å²) in [5.41, 5.74) is 17.1. The lowest BCUT2D eigenvalue weighted by molar-refractivity contribution is 0.660. The van der Waals surface area contributed by atoms with Crippen molar-refractivity contribution in [2.24, 2.45) is 0 Å². The zero-order chi connectivity index (χ0) is 31.3. The van der Waals surface area contributed by atoms with Crippen LogP contribution in [0.5, 0.6) is 0 Å². The molecule has 0 bridgehead atoms. The molecule has 0 atom stereocenters. The van der Waals surface area contributed by atoms with Gasteiger partial charge in [0.2, 0.25) is 0 Å². The second kappa shape index (κ2) is 9.40. The molecule has 8 aromatic rings. The third kappa shape index (κ3) is 3.37. The summed E-state index contributed by atoms with van der Waals surface area (Å²) in [5.74, 6) is 0. The predicted octanol–water partition coefficient (Wildman–Crippen LogP) is 10.8. The maximum atomic E-state index is 5.04.